The van der Waals surface area contributed by atoms with Gasteiger partial charge < -0.3 is 4.57 Å². The molecule has 0 atom stereocenters. The maximum absolute atomic E-state index is 13.1. The van der Waals surface area contributed by atoms with E-state index in [-0.39, 0.29) is 14.9 Å². The van der Waals surface area contributed by atoms with E-state index in [1.165, 1.54) is 29.3 Å². The molecule has 0 aliphatic heterocycles. The highest BCUT2D eigenvalue weighted by molar-refractivity contribution is 7.92. The van der Waals surface area contributed by atoms with Gasteiger partial charge >= 0.3 is 0 Å². The number of benzene rings is 3. The smallest absolute Gasteiger partial charge is 0.262 e. The topological polar surface area (TPSA) is 64.0 Å². The third-order valence-electron chi connectivity index (χ3n) is 5.42. The van der Waals surface area contributed by atoms with E-state index in [2.05, 4.69) is 28.8 Å². The molecule has 4 rings (SSSR count). The fourth-order valence-electron chi connectivity index (χ4n) is 3.52. The predicted octanol–water partition coefficient (Wildman–Crippen LogP) is 6.12. The minimum Gasteiger partial charge on any atom is -0.326 e. The van der Waals surface area contributed by atoms with Gasteiger partial charge in [-0.15, -0.1) is 0 Å². The Balaban J connectivity index is 1.80. The number of nitrogens with one attached hydrogen (secondary N) is 1. The molecule has 0 aliphatic rings. The van der Waals surface area contributed by atoms with Gasteiger partial charge in [-0.05, 0) is 67.3 Å². The van der Waals surface area contributed by atoms with Crippen LogP contribution in [0.5, 0.6) is 0 Å². The Bertz CT molecular complexity index is 1390. The maximum atomic E-state index is 13.1. The highest BCUT2D eigenvalue weighted by atomic mass is 35.5. The summed E-state index contributed by atoms with van der Waals surface area (Å²) in [6.45, 7) is 6.53. The molecule has 0 saturated heterocycles. The van der Waals surface area contributed by atoms with Gasteiger partial charge in [-0.1, -0.05) is 47.5 Å². The number of aromatic nitrogens is 2. The van der Waals surface area contributed by atoms with E-state index >= 15 is 0 Å². The first-order chi connectivity index (χ1) is 14.7. The Morgan fingerprint density at radius 3 is 2.32 bits per heavy atom. The molecule has 160 valence electrons. The molecule has 1 heterocycles. The summed E-state index contributed by atoms with van der Waals surface area (Å²) < 4.78 is 30.9. The number of halogens is 2. The summed E-state index contributed by atoms with van der Waals surface area (Å²) in [5, 5.41) is 0.503. The molecule has 0 saturated carbocycles. The molecule has 31 heavy (non-hydrogen) atoms. The standard InChI is InChI=1S/C23H21Cl2N3O2S/c1-14-6-4-5-7-17(14)12-28-13-26-23-21(28)8-15(2)16(3)22(23)27-31(29,30)20-10-18(24)9-19(25)11-20/h4-11,13,27H,12H2,1-3H3. The Kier molecular flexibility index (Phi) is 5.73. The van der Waals surface area contributed by atoms with Crippen LogP contribution in [0.25, 0.3) is 11.0 Å². The van der Waals surface area contributed by atoms with Crippen LogP contribution >= 0.6 is 23.2 Å². The highest BCUT2D eigenvalue weighted by Crippen LogP contribution is 2.32. The third kappa shape index (κ3) is 4.28. The Morgan fingerprint density at radius 2 is 1.65 bits per heavy atom. The molecule has 0 radical (unpaired) electrons. The number of fused-ring (bicyclic) bond motifs is 1. The highest BCUT2D eigenvalue weighted by Gasteiger charge is 2.21. The second-order valence-electron chi connectivity index (χ2n) is 7.57. The van der Waals surface area contributed by atoms with Crippen molar-refractivity contribution in [3.05, 3.63) is 87.2 Å². The zero-order chi connectivity index (χ0) is 22.3. The van der Waals surface area contributed by atoms with Gasteiger partial charge in [0.1, 0.15) is 5.52 Å². The molecule has 0 amide bonds. The first-order valence-electron chi connectivity index (χ1n) is 9.64. The largest absolute Gasteiger partial charge is 0.326 e. The zero-order valence-corrected chi connectivity index (χ0v) is 19.6. The molecule has 0 fully saturated rings. The van der Waals surface area contributed by atoms with Gasteiger partial charge in [0.2, 0.25) is 0 Å². The molecule has 1 aromatic heterocycles. The van der Waals surface area contributed by atoms with E-state index in [4.69, 9.17) is 23.2 Å². The van der Waals surface area contributed by atoms with Crippen LogP contribution < -0.4 is 4.72 Å². The van der Waals surface area contributed by atoms with Gasteiger partial charge in [-0.3, -0.25) is 4.72 Å². The summed E-state index contributed by atoms with van der Waals surface area (Å²) in [7, 11) is -3.91. The van der Waals surface area contributed by atoms with Crippen molar-refractivity contribution < 1.29 is 8.42 Å². The van der Waals surface area contributed by atoms with E-state index in [0.29, 0.717) is 17.7 Å². The van der Waals surface area contributed by atoms with Crippen molar-refractivity contribution in [2.24, 2.45) is 0 Å². The van der Waals surface area contributed by atoms with Crippen molar-refractivity contribution in [2.45, 2.75) is 32.2 Å². The van der Waals surface area contributed by atoms with Gasteiger partial charge in [0.05, 0.1) is 22.4 Å². The molecule has 0 aliphatic carbocycles. The van der Waals surface area contributed by atoms with E-state index in [1.54, 1.807) is 6.33 Å². The van der Waals surface area contributed by atoms with Crippen molar-refractivity contribution in [3.63, 3.8) is 0 Å². The van der Waals surface area contributed by atoms with Gasteiger partial charge in [0.15, 0.2) is 0 Å². The summed E-state index contributed by atoms with van der Waals surface area (Å²) in [5.41, 5.74) is 6.03. The molecule has 0 unspecified atom stereocenters. The molecule has 1 N–H and O–H groups in total. The van der Waals surface area contributed by atoms with E-state index in [9.17, 15) is 8.42 Å². The molecule has 5 nitrogen and oxygen atoms in total. The van der Waals surface area contributed by atoms with Crippen LogP contribution in [0.4, 0.5) is 5.69 Å². The van der Waals surface area contributed by atoms with Gasteiger partial charge in [0.25, 0.3) is 10.0 Å². The first-order valence-corrected chi connectivity index (χ1v) is 11.9. The maximum Gasteiger partial charge on any atom is 0.262 e. The lowest BCUT2D eigenvalue weighted by Gasteiger charge is -2.15. The number of imidazole rings is 1. The van der Waals surface area contributed by atoms with Gasteiger partial charge in [-0.25, -0.2) is 13.4 Å². The van der Waals surface area contributed by atoms with Crippen LogP contribution in [0.3, 0.4) is 0 Å². The number of sulfonamides is 1. The number of aryl methyl sites for hydroxylation is 2. The molecular formula is C23H21Cl2N3O2S. The van der Waals surface area contributed by atoms with Crippen LogP contribution in [0.15, 0.2) is 59.8 Å². The number of rotatable bonds is 5. The fraction of sp³-hybridized carbons (Fsp3) is 0.174. The predicted molar refractivity (Wildman–Crippen MR) is 127 cm³/mol. The summed E-state index contributed by atoms with van der Waals surface area (Å²) >= 11 is 12.0. The van der Waals surface area contributed by atoms with Crippen molar-refractivity contribution >= 4 is 49.9 Å². The van der Waals surface area contributed by atoms with Gasteiger partial charge in [-0.2, -0.15) is 0 Å². The van der Waals surface area contributed by atoms with E-state index < -0.39 is 10.0 Å². The molecule has 0 bridgehead atoms. The lowest BCUT2D eigenvalue weighted by atomic mass is 10.1. The first kappa shape index (κ1) is 21.7. The van der Waals surface area contributed by atoms with Gasteiger partial charge in [0, 0.05) is 16.6 Å². The van der Waals surface area contributed by atoms with Crippen molar-refractivity contribution in [1.82, 2.24) is 9.55 Å². The normalized spacial score (nSPS) is 11.8. The van der Waals surface area contributed by atoms with Crippen molar-refractivity contribution in [1.29, 1.82) is 0 Å². The minimum atomic E-state index is -3.91. The third-order valence-corrected chi connectivity index (χ3v) is 7.19. The van der Waals surface area contributed by atoms with Crippen LogP contribution in [-0.2, 0) is 16.6 Å². The summed E-state index contributed by atoms with van der Waals surface area (Å²) in [4.78, 5) is 4.54. The van der Waals surface area contributed by atoms with Crippen LogP contribution in [0, 0.1) is 20.8 Å². The van der Waals surface area contributed by atoms with Crippen molar-refractivity contribution in [2.75, 3.05) is 4.72 Å². The van der Waals surface area contributed by atoms with Crippen LogP contribution in [0.1, 0.15) is 22.3 Å². The lowest BCUT2D eigenvalue weighted by Crippen LogP contribution is -2.15. The fourth-order valence-corrected chi connectivity index (χ4v) is 5.38. The summed E-state index contributed by atoms with van der Waals surface area (Å²) in [6.07, 6.45) is 1.74. The Hall–Kier alpha value is -2.54. The Morgan fingerprint density at radius 1 is 0.968 bits per heavy atom. The van der Waals surface area contributed by atoms with Crippen LogP contribution in [-0.4, -0.2) is 18.0 Å². The number of hydrogen-bond acceptors (Lipinski definition) is 3. The summed E-state index contributed by atoms with van der Waals surface area (Å²) in [6, 6.07) is 14.4. The van der Waals surface area contributed by atoms with Crippen molar-refractivity contribution in [3.8, 4) is 0 Å². The molecular weight excluding hydrogens is 453 g/mol. The average molecular weight is 474 g/mol. The number of anilines is 1. The minimum absolute atomic E-state index is 0.00148. The lowest BCUT2D eigenvalue weighted by molar-refractivity contribution is 0.601. The monoisotopic (exact) mass is 473 g/mol. The number of hydrogen-bond donors (Lipinski definition) is 1. The SMILES string of the molecule is Cc1ccccc1Cn1cnc2c(NS(=O)(=O)c3cc(Cl)cc(Cl)c3)c(C)c(C)cc21. The molecule has 0 spiro atoms. The van der Waals surface area contributed by atoms with E-state index in [0.717, 1.165) is 16.6 Å². The second-order valence-corrected chi connectivity index (χ2v) is 10.1. The molecule has 4 aromatic rings. The average Bonchev–Trinajstić information content (AvgIpc) is 3.08. The zero-order valence-electron chi connectivity index (χ0n) is 17.3. The quantitative estimate of drug-likeness (QED) is 0.379. The van der Waals surface area contributed by atoms with E-state index in [1.807, 2.05) is 36.6 Å². The van der Waals surface area contributed by atoms with Crippen LogP contribution in [0.2, 0.25) is 10.0 Å². The molecule has 8 heteroatoms. The Labute approximate surface area is 191 Å². The summed E-state index contributed by atoms with van der Waals surface area (Å²) in [5.74, 6) is 0. The second kappa shape index (κ2) is 8.19. The molecule has 3 aromatic carbocycles. The number of nitrogens with zero attached hydrogens (tertiary/aromatic N) is 2.